The molecule has 0 radical (unpaired) electrons. The summed E-state index contributed by atoms with van der Waals surface area (Å²) in [6.45, 7) is 0.718. The average molecular weight is 401 g/mol. The van der Waals surface area contributed by atoms with Gasteiger partial charge in [-0.15, -0.1) is 0 Å². The lowest BCUT2D eigenvalue weighted by atomic mass is 9.62. The third-order valence-electron chi connectivity index (χ3n) is 6.25. The van der Waals surface area contributed by atoms with Crippen molar-refractivity contribution in [1.82, 2.24) is 9.88 Å². The minimum Gasteiger partial charge on any atom is -0.447 e. The lowest BCUT2D eigenvalue weighted by molar-refractivity contribution is -0.143. The van der Waals surface area contributed by atoms with Gasteiger partial charge < -0.3 is 9.64 Å². The van der Waals surface area contributed by atoms with Crippen LogP contribution in [0.3, 0.4) is 0 Å². The molecule has 3 heterocycles. The van der Waals surface area contributed by atoms with Gasteiger partial charge in [-0.2, -0.15) is 0 Å². The summed E-state index contributed by atoms with van der Waals surface area (Å²) in [7, 11) is 0. The second kappa shape index (κ2) is 6.01. The standard InChI is InChI=1S/C21H18ClFN2O3/c22-14-5-3-13(4-6-14)20(10-15(23)11-20)19(27)25-9-7-21(12-25)16-2-1-8-24-17(16)18(26)28-21/h1-6,8,15H,7,9-12H2. The highest BCUT2D eigenvalue weighted by molar-refractivity contribution is 6.30. The van der Waals surface area contributed by atoms with Gasteiger partial charge in [0, 0.05) is 29.7 Å². The SMILES string of the molecule is O=C1OC2(CCN(C(=O)C3(c4ccc(Cl)cc4)CC(F)C3)C2)c2cccnc21. The van der Waals surface area contributed by atoms with E-state index in [1.54, 1.807) is 41.4 Å². The second-order valence-electron chi connectivity index (χ2n) is 7.85. The van der Waals surface area contributed by atoms with E-state index in [4.69, 9.17) is 16.3 Å². The number of ether oxygens (including phenoxy) is 1. The number of likely N-dealkylation sites (tertiary alicyclic amines) is 1. The molecule has 0 bridgehead atoms. The zero-order chi connectivity index (χ0) is 19.5. The molecule has 1 atom stereocenters. The van der Waals surface area contributed by atoms with Gasteiger partial charge >= 0.3 is 5.97 Å². The molecule has 1 amide bonds. The number of halogens is 2. The molecule has 1 saturated heterocycles. The van der Waals surface area contributed by atoms with E-state index in [0.717, 1.165) is 11.1 Å². The van der Waals surface area contributed by atoms with E-state index in [1.807, 2.05) is 6.07 Å². The first-order chi connectivity index (χ1) is 13.4. The maximum absolute atomic E-state index is 13.9. The Hall–Kier alpha value is -2.47. The van der Waals surface area contributed by atoms with Gasteiger partial charge in [0.2, 0.25) is 5.91 Å². The van der Waals surface area contributed by atoms with Crippen LogP contribution in [0.25, 0.3) is 0 Å². The molecule has 1 aromatic heterocycles. The Morgan fingerprint density at radius 2 is 2.00 bits per heavy atom. The van der Waals surface area contributed by atoms with Gasteiger partial charge in [-0.25, -0.2) is 14.2 Å². The Morgan fingerprint density at radius 3 is 2.71 bits per heavy atom. The smallest absolute Gasteiger partial charge is 0.358 e. The average Bonchev–Trinajstić information content (AvgIpc) is 3.22. The van der Waals surface area contributed by atoms with Crippen LogP contribution < -0.4 is 0 Å². The van der Waals surface area contributed by atoms with E-state index in [9.17, 15) is 14.0 Å². The maximum Gasteiger partial charge on any atom is 0.358 e. The zero-order valence-corrected chi connectivity index (χ0v) is 15.8. The number of hydrogen-bond acceptors (Lipinski definition) is 4. The third-order valence-corrected chi connectivity index (χ3v) is 6.50. The largest absolute Gasteiger partial charge is 0.447 e. The molecular weight excluding hydrogens is 383 g/mol. The van der Waals surface area contributed by atoms with Crippen molar-refractivity contribution in [1.29, 1.82) is 0 Å². The number of benzene rings is 1. The monoisotopic (exact) mass is 400 g/mol. The number of nitrogens with zero attached hydrogens (tertiary/aromatic N) is 2. The van der Waals surface area contributed by atoms with E-state index in [0.29, 0.717) is 23.7 Å². The van der Waals surface area contributed by atoms with Crippen LogP contribution in [0, 0.1) is 0 Å². The van der Waals surface area contributed by atoms with Crippen molar-refractivity contribution in [3.05, 3.63) is 64.4 Å². The van der Waals surface area contributed by atoms with Gasteiger partial charge in [0.25, 0.3) is 0 Å². The highest BCUT2D eigenvalue weighted by Crippen LogP contribution is 2.49. The summed E-state index contributed by atoms with van der Waals surface area (Å²) in [4.78, 5) is 31.5. The van der Waals surface area contributed by atoms with Crippen LogP contribution in [0.1, 0.15) is 40.9 Å². The van der Waals surface area contributed by atoms with Crippen LogP contribution in [0.15, 0.2) is 42.6 Å². The molecular formula is C21H18ClFN2O3. The van der Waals surface area contributed by atoms with E-state index in [1.165, 1.54) is 0 Å². The fourth-order valence-corrected chi connectivity index (χ4v) is 4.90. The molecule has 1 aromatic carbocycles. The lowest BCUT2D eigenvalue weighted by Crippen LogP contribution is -2.55. The summed E-state index contributed by atoms with van der Waals surface area (Å²) in [6.07, 6.45) is 1.40. The van der Waals surface area contributed by atoms with Crippen molar-refractivity contribution in [2.45, 2.75) is 36.5 Å². The molecule has 1 unspecified atom stereocenters. The Labute approximate surface area is 166 Å². The number of carbonyl (C=O) groups is 2. The van der Waals surface area contributed by atoms with E-state index >= 15 is 0 Å². The van der Waals surface area contributed by atoms with Crippen molar-refractivity contribution in [3.8, 4) is 0 Å². The number of fused-ring (bicyclic) bond motifs is 2. The van der Waals surface area contributed by atoms with Crippen molar-refractivity contribution in [2.24, 2.45) is 0 Å². The zero-order valence-electron chi connectivity index (χ0n) is 15.0. The Morgan fingerprint density at radius 1 is 1.25 bits per heavy atom. The number of alkyl halides is 1. The predicted molar refractivity (Wildman–Crippen MR) is 99.8 cm³/mol. The number of hydrogen-bond donors (Lipinski definition) is 0. The summed E-state index contributed by atoms with van der Waals surface area (Å²) >= 11 is 5.98. The highest BCUT2D eigenvalue weighted by atomic mass is 35.5. The molecule has 2 aromatic rings. The van der Waals surface area contributed by atoms with Gasteiger partial charge in [-0.3, -0.25) is 4.79 Å². The number of carbonyl (C=O) groups excluding carboxylic acids is 2. The molecule has 5 rings (SSSR count). The molecule has 2 aliphatic heterocycles. The van der Waals surface area contributed by atoms with E-state index < -0.39 is 23.2 Å². The normalized spacial score (nSPS) is 30.9. The second-order valence-corrected chi connectivity index (χ2v) is 8.29. The fraction of sp³-hybridized carbons (Fsp3) is 0.381. The molecule has 1 spiro atoms. The number of aromatic nitrogens is 1. The third kappa shape index (κ3) is 2.40. The van der Waals surface area contributed by atoms with Crippen molar-refractivity contribution >= 4 is 23.5 Å². The van der Waals surface area contributed by atoms with Gasteiger partial charge in [0.1, 0.15) is 6.17 Å². The van der Waals surface area contributed by atoms with Crippen molar-refractivity contribution in [3.63, 3.8) is 0 Å². The van der Waals surface area contributed by atoms with Crippen LogP contribution in [-0.4, -0.2) is 41.0 Å². The molecule has 7 heteroatoms. The summed E-state index contributed by atoms with van der Waals surface area (Å²) in [5.74, 6) is -0.571. The van der Waals surface area contributed by atoms with Crippen molar-refractivity contribution < 1.29 is 18.7 Å². The Bertz CT molecular complexity index is 974. The van der Waals surface area contributed by atoms with Crippen molar-refractivity contribution in [2.75, 3.05) is 13.1 Å². The number of esters is 1. The minimum atomic E-state index is -0.995. The summed E-state index contributed by atoms with van der Waals surface area (Å²) in [6, 6.07) is 10.6. The number of rotatable bonds is 2. The molecule has 28 heavy (non-hydrogen) atoms. The van der Waals surface area contributed by atoms with Gasteiger partial charge in [-0.1, -0.05) is 29.8 Å². The first kappa shape index (κ1) is 17.6. The van der Waals surface area contributed by atoms with Crippen LogP contribution in [0.4, 0.5) is 4.39 Å². The Kier molecular flexibility index (Phi) is 3.78. The predicted octanol–water partition coefficient (Wildman–Crippen LogP) is 3.40. The van der Waals surface area contributed by atoms with E-state index in [-0.39, 0.29) is 25.3 Å². The first-order valence-electron chi connectivity index (χ1n) is 9.32. The molecule has 1 saturated carbocycles. The van der Waals surface area contributed by atoms with Gasteiger partial charge in [0.15, 0.2) is 11.3 Å². The van der Waals surface area contributed by atoms with Crippen LogP contribution in [0.2, 0.25) is 5.02 Å². The Balaban J connectivity index is 1.45. The molecule has 5 nitrogen and oxygen atoms in total. The topological polar surface area (TPSA) is 59.5 Å². The fourth-order valence-electron chi connectivity index (χ4n) is 4.78. The lowest BCUT2D eigenvalue weighted by Gasteiger charge is -2.45. The summed E-state index contributed by atoms with van der Waals surface area (Å²) < 4.78 is 19.6. The number of pyridine rings is 1. The molecule has 144 valence electrons. The van der Waals surface area contributed by atoms with Gasteiger partial charge in [-0.05, 0) is 36.6 Å². The molecule has 0 N–H and O–H groups in total. The van der Waals surface area contributed by atoms with Crippen LogP contribution in [0.5, 0.6) is 0 Å². The highest BCUT2D eigenvalue weighted by Gasteiger charge is 2.58. The summed E-state index contributed by atoms with van der Waals surface area (Å²) in [5.41, 5.74) is 0.0958. The maximum atomic E-state index is 13.9. The van der Waals surface area contributed by atoms with Gasteiger partial charge in [0.05, 0.1) is 12.0 Å². The quantitative estimate of drug-likeness (QED) is 0.725. The first-order valence-corrected chi connectivity index (χ1v) is 9.70. The van der Waals surface area contributed by atoms with Crippen LogP contribution in [-0.2, 0) is 20.5 Å². The molecule has 2 fully saturated rings. The summed E-state index contributed by atoms with van der Waals surface area (Å²) in [5, 5.41) is 0.574. The molecule has 3 aliphatic rings. The minimum absolute atomic E-state index is 0.117. The van der Waals surface area contributed by atoms with E-state index in [2.05, 4.69) is 4.98 Å². The number of amides is 1. The van der Waals surface area contributed by atoms with Crippen LogP contribution >= 0.6 is 11.6 Å². The molecule has 1 aliphatic carbocycles.